The van der Waals surface area contributed by atoms with E-state index in [1.54, 1.807) is 24.3 Å². The van der Waals surface area contributed by atoms with Crippen LogP contribution < -0.4 is 5.32 Å². The van der Waals surface area contributed by atoms with Crippen LogP contribution in [0.1, 0.15) is 27.0 Å². The highest BCUT2D eigenvalue weighted by Gasteiger charge is 2.09. The Hall–Kier alpha value is -2.14. The van der Waals surface area contributed by atoms with Gasteiger partial charge in [0.05, 0.1) is 5.75 Å². The number of hydrogen-bond acceptors (Lipinski definition) is 3. The van der Waals surface area contributed by atoms with E-state index < -0.39 is 9.84 Å². The van der Waals surface area contributed by atoms with Crippen molar-refractivity contribution in [2.75, 3.05) is 11.6 Å². The van der Waals surface area contributed by atoms with Gasteiger partial charge in [0.25, 0.3) is 5.91 Å². The molecule has 4 nitrogen and oxygen atoms in total. The number of nitrogens with one attached hydrogen (secondary N) is 1. The second kappa shape index (κ2) is 6.32. The molecule has 2 aromatic rings. The highest BCUT2D eigenvalue weighted by Crippen LogP contribution is 2.18. The number of rotatable bonds is 4. The van der Waals surface area contributed by atoms with Gasteiger partial charge in [-0.05, 0) is 48.7 Å². The maximum atomic E-state index is 12.2. The lowest BCUT2D eigenvalue weighted by Crippen LogP contribution is -2.13. The number of hydrogen-bond donors (Lipinski definition) is 1. The summed E-state index contributed by atoms with van der Waals surface area (Å²) in [5, 5.41) is 2.88. The smallest absolute Gasteiger partial charge is 0.255 e. The van der Waals surface area contributed by atoms with Crippen LogP contribution >= 0.6 is 0 Å². The number of sulfone groups is 1. The monoisotopic (exact) mass is 317 g/mol. The molecule has 0 saturated carbocycles. The minimum atomic E-state index is -3.07. The molecule has 0 bridgehead atoms. The van der Waals surface area contributed by atoms with Crippen LogP contribution in [0.5, 0.6) is 0 Å². The first kappa shape index (κ1) is 16.2. The highest BCUT2D eigenvalue weighted by atomic mass is 32.2. The third-order valence-electron chi connectivity index (χ3n) is 3.29. The molecule has 116 valence electrons. The Kier molecular flexibility index (Phi) is 4.66. The van der Waals surface area contributed by atoms with Gasteiger partial charge in [-0.25, -0.2) is 8.42 Å². The summed E-state index contributed by atoms with van der Waals surface area (Å²) in [5.74, 6) is -0.231. The first-order chi connectivity index (χ1) is 10.2. The average molecular weight is 317 g/mol. The van der Waals surface area contributed by atoms with E-state index in [9.17, 15) is 13.2 Å². The minimum Gasteiger partial charge on any atom is -0.322 e. The van der Waals surface area contributed by atoms with E-state index >= 15 is 0 Å². The molecule has 2 aromatic carbocycles. The fraction of sp³-hybridized carbons (Fsp3) is 0.235. The summed E-state index contributed by atoms with van der Waals surface area (Å²) in [6, 6.07) is 12.5. The molecule has 0 spiro atoms. The van der Waals surface area contributed by atoms with E-state index in [-0.39, 0.29) is 11.7 Å². The SMILES string of the molecule is Cc1ccc(C)c(NC(=O)c2ccc(CS(C)(=O)=O)cc2)c1. The summed E-state index contributed by atoms with van der Waals surface area (Å²) in [5.41, 5.74) is 4.02. The quantitative estimate of drug-likeness (QED) is 0.942. The van der Waals surface area contributed by atoms with E-state index in [1.165, 1.54) is 6.26 Å². The average Bonchev–Trinajstić information content (AvgIpc) is 2.42. The van der Waals surface area contributed by atoms with Gasteiger partial charge in [-0.15, -0.1) is 0 Å². The predicted molar refractivity (Wildman–Crippen MR) is 88.9 cm³/mol. The number of carbonyl (C=O) groups is 1. The summed E-state index contributed by atoms with van der Waals surface area (Å²) in [4.78, 5) is 12.2. The molecule has 0 aliphatic carbocycles. The molecule has 0 heterocycles. The van der Waals surface area contributed by atoms with E-state index in [4.69, 9.17) is 0 Å². The van der Waals surface area contributed by atoms with Gasteiger partial charge in [-0.2, -0.15) is 0 Å². The van der Waals surface area contributed by atoms with Crippen LogP contribution in [-0.4, -0.2) is 20.6 Å². The molecule has 1 amide bonds. The van der Waals surface area contributed by atoms with Crippen LogP contribution in [0.2, 0.25) is 0 Å². The lowest BCUT2D eigenvalue weighted by Gasteiger charge is -2.10. The van der Waals surface area contributed by atoms with Gasteiger partial charge >= 0.3 is 0 Å². The Labute approximate surface area is 131 Å². The van der Waals surface area contributed by atoms with Gasteiger partial charge in [-0.1, -0.05) is 24.3 Å². The molecule has 0 atom stereocenters. The van der Waals surface area contributed by atoms with Crippen LogP contribution in [0.3, 0.4) is 0 Å². The van der Waals surface area contributed by atoms with Crippen molar-refractivity contribution in [1.82, 2.24) is 0 Å². The summed E-state index contributed by atoms with van der Waals surface area (Å²) in [6.07, 6.45) is 1.19. The zero-order chi connectivity index (χ0) is 16.3. The second-order valence-corrected chi connectivity index (χ2v) is 7.68. The topological polar surface area (TPSA) is 63.2 Å². The van der Waals surface area contributed by atoms with Crippen molar-refractivity contribution in [3.63, 3.8) is 0 Å². The van der Waals surface area contributed by atoms with Crippen LogP contribution in [0.15, 0.2) is 42.5 Å². The summed E-state index contributed by atoms with van der Waals surface area (Å²) >= 11 is 0. The maximum Gasteiger partial charge on any atom is 0.255 e. The Morgan fingerprint density at radius 1 is 1.05 bits per heavy atom. The fourth-order valence-electron chi connectivity index (χ4n) is 2.12. The van der Waals surface area contributed by atoms with Gasteiger partial charge in [0.15, 0.2) is 9.84 Å². The van der Waals surface area contributed by atoms with Crippen molar-refractivity contribution < 1.29 is 13.2 Å². The third kappa shape index (κ3) is 4.43. The lowest BCUT2D eigenvalue weighted by atomic mass is 10.1. The predicted octanol–water partition coefficient (Wildman–Crippen LogP) is 3.10. The molecule has 0 aromatic heterocycles. The number of amides is 1. The van der Waals surface area contributed by atoms with Crippen LogP contribution in [0.4, 0.5) is 5.69 Å². The number of benzene rings is 2. The molecule has 5 heteroatoms. The van der Waals surface area contributed by atoms with Crippen molar-refractivity contribution in [2.24, 2.45) is 0 Å². The van der Waals surface area contributed by atoms with Gasteiger partial charge in [0, 0.05) is 17.5 Å². The van der Waals surface area contributed by atoms with E-state index in [0.717, 1.165) is 16.8 Å². The summed E-state index contributed by atoms with van der Waals surface area (Å²) in [7, 11) is -3.07. The maximum absolute atomic E-state index is 12.2. The summed E-state index contributed by atoms with van der Waals surface area (Å²) in [6.45, 7) is 3.90. The zero-order valence-corrected chi connectivity index (χ0v) is 13.7. The van der Waals surface area contributed by atoms with E-state index in [0.29, 0.717) is 11.1 Å². The molecular weight excluding hydrogens is 298 g/mol. The summed E-state index contributed by atoms with van der Waals surface area (Å²) < 4.78 is 22.5. The number of carbonyl (C=O) groups excluding carboxylic acids is 1. The Morgan fingerprint density at radius 3 is 2.27 bits per heavy atom. The van der Waals surface area contributed by atoms with Gasteiger partial charge < -0.3 is 5.32 Å². The van der Waals surface area contributed by atoms with E-state index in [2.05, 4.69) is 5.32 Å². The molecule has 0 unspecified atom stereocenters. The molecule has 0 saturated heterocycles. The molecule has 22 heavy (non-hydrogen) atoms. The molecule has 0 fully saturated rings. The standard InChI is InChI=1S/C17H19NO3S/c1-12-4-5-13(2)16(10-12)18-17(19)15-8-6-14(7-9-15)11-22(3,20)21/h4-10H,11H2,1-3H3,(H,18,19). The van der Waals surface area contributed by atoms with Crippen LogP contribution in [-0.2, 0) is 15.6 Å². The minimum absolute atomic E-state index is 0.0219. The van der Waals surface area contributed by atoms with Crippen molar-refractivity contribution in [3.8, 4) is 0 Å². The van der Waals surface area contributed by atoms with Gasteiger partial charge in [0.2, 0.25) is 0 Å². The van der Waals surface area contributed by atoms with Crippen molar-refractivity contribution >= 4 is 21.4 Å². The Morgan fingerprint density at radius 2 is 1.68 bits per heavy atom. The first-order valence-corrected chi connectivity index (χ1v) is 8.96. The van der Waals surface area contributed by atoms with Gasteiger partial charge in [-0.3, -0.25) is 4.79 Å². The Balaban J connectivity index is 2.15. The largest absolute Gasteiger partial charge is 0.322 e. The molecule has 0 radical (unpaired) electrons. The zero-order valence-electron chi connectivity index (χ0n) is 12.9. The van der Waals surface area contributed by atoms with Crippen LogP contribution in [0, 0.1) is 13.8 Å². The number of aryl methyl sites for hydroxylation is 2. The number of anilines is 1. The van der Waals surface area contributed by atoms with Gasteiger partial charge in [0.1, 0.15) is 0 Å². The molecule has 0 aliphatic heterocycles. The van der Waals surface area contributed by atoms with Crippen molar-refractivity contribution in [2.45, 2.75) is 19.6 Å². The van der Waals surface area contributed by atoms with Crippen molar-refractivity contribution in [3.05, 3.63) is 64.7 Å². The molecule has 1 N–H and O–H groups in total. The van der Waals surface area contributed by atoms with Crippen molar-refractivity contribution in [1.29, 1.82) is 0 Å². The molecule has 0 aliphatic rings. The van der Waals surface area contributed by atoms with E-state index in [1.807, 2.05) is 32.0 Å². The second-order valence-electron chi connectivity index (χ2n) is 5.54. The first-order valence-electron chi connectivity index (χ1n) is 6.90. The fourth-order valence-corrected chi connectivity index (χ4v) is 2.92. The van der Waals surface area contributed by atoms with Crippen LogP contribution in [0.25, 0.3) is 0 Å². The normalized spacial score (nSPS) is 11.2. The lowest BCUT2D eigenvalue weighted by molar-refractivity contribution is 0.102. The molecular formula is C17H19NO3S. The highest BCUT2D eigenvalue weighted by molar-refractivity contribution is 7.89. The molecule has 2 rings (SSSR count). The third-order valence-corrected chi connectivity index (χ3v) is 4.14. The Bertz CT molecular complexity index is 793.